The van der Waals surface area contributed by atoms with Gasteiger partial charge in [0.1, 0.15) is 0 Å². The van der Waals surface area contributed by atoms with Crippen molar-refractivity contribution in [3.8, 4) is 0 Å². The van der Waals surface area contributed by atoms with E-state index in [2.05, 4.69) is 4.72 Å². The zero-order valence-corrected chi connectivity index (χ0v) is 11.9. The highest BCUT2D eigenvalue weighted by atomic mass is 35.5. The summed E-state index contributed by atoms with van der Waals surface area (Å²) in [5.74, 6) is 0.340. The highest BCUT2D eigenvalue weighted by molar-refractivity contribution is 7.89. The molecule has 1 N–H and O–H groups in total. The Hall–Kier alpha value is 0.190. The Morgan fingerprint density at radius 2 is 2.19 bits per heavy atom. The predicted molar refractivity (Wildman–Crippen MR) is 69.8 cm³/mol. The molecule has 0 bridgehead atoms. The second-order valence-electron chi connectivity index (χ2n) is 3.57. The van der Waals surface area contributed by atoms with Crippen molar-refractivity contribution in [2.75, 3.05) is 11.6 Å². The molecule has 0 aliphatic rings. The third kappa shape index (κ3) is 5.01. The van der Waals surface area contributed by atoms with Gasteiger partial charge >= 0.3 is 0 Å². The first kappa shape index (κ1) is 14.3. The Bertz CT molecular complexity index is 430. The van der Waals surface area contributed by atoms with Gasteiger partial charge in [0.2, 0.25) is 10.0 Å². The van der Waals surface area contributed by atoms with E-state index in [1.807, 2.05) is 0 Å². The average molecular weight is 302 g/mol. The molecule has 0 aromatic carbocycles. The molecule has 16 heavy (non-hydrogen) atoms. The van der Waals surface area contributed by atoms with Crippen molar-refractivity contribution in [1.29, 1.82) is 0 Å². The van der Waals surface area contributed by atoms with Crippen molar-refractivity contribution < 1.29 is 8.42 Å². The lowest BCUT2D eigenvalue weighted by atomic mass is 10.3. The maximum Gasteiger partial charge on any atom is 0.212 e. The summed E-state index contributed by atoms with van der Waals surface area (Å²) < 4.78 is 26.3. The molecule has 0 saturated heterocycles. The minimum atomic E-state index is -3.25. The smallest absolute Gasteiger partial charge is 0.212 e. The fraction of sp³-hybridized carbons (Fsp3) is 0.556. The van der Waals surface area contributed by atoms with Gasteiger partial charge in [-0.1, -0.05) is 18.5 Å². The molecule has 7 heteroatoms. The monoisotopic (exact) mass is 301 g/mol. The van der Waals surface area contributed by atoms with Crippen LogP contribution in [0.2, 0.25) is 4.34 Å². The van der Waals surface area contributed by atoms with Crippen LogP contribution < -0.4 is 4.72 Å². The van der Waals surface area contributed by atoms with Crippen LogP contribution in [-0.4, -0.2) is 20.1 Å². The van der Waals surface area contributed by atoms with Crippen molar-refractivity contribution in [3.05, 3.63) is 21.3 Å². The summed E-state index contributed by atoms with van der Waals surface area (Å²) in [4.78, 5) is 0.895. The minimum absolute atomic E-state index is 0.0499. The highest BCUT2D eigenvalue weighted by Crippen LogP contribution is 2.21. The van der Waals surface area contributed by atoms with Crippen LogP contribution in [0.15, 0.2) is 12.1 Å². The number of alkyl halides is 1. The summed E-state index contributed by atoms with van der Waals surface area (Å²) in [6.07, 6.45) is 0. The minimum Gasteiger partial charge on any atom is -0.212 e. The first-order valence-electron chi connectivity index (χ1n) is 4.70. The number of rotatable bonds is 6. The van der Waals surface area contributed by atoms with Crippen molar-refractivity contribution in [1.82, 2.24) is 4.72 Å². The highest BCUT2D eigenvalue weighted by Gasteiger charge is 2.14. The van der Waals surface area contributed by atoms with Gasteiger partial charge in [-0.25, -0.2) is 13.1 Å². The van der Waals surface area contributed by atoms with Crippen molar-refractivity contribution in [2.24, 2.45) is 5.92 Å². The van der Waals surface area contributed by atoms with Gasteiger partial charge in [-0.15, -0.1) is 22.9 Å². The van der Waals surface area contributed by atoms with E-state index in [0.29, 0.717) is 10.2 Å². The number of sulfonamides is 1. The van der Waals surface area contributed by atoms with Crippen LogP contribution in [0, 0.1) is 5.92 Å². The van der Waals surface area contributed by atoms with Gasteiger partial charge in [-0.05, 0) is 18.1 Å². The maximum absolute atomic E-state index is 11.6. The Morgan fingerprint density at radius 3 is 2.69 bits per heavy atom. The van der Waals surface area contributed by atoms with Crippen molar-refractivity contribution >= 4 is 44.6 Å². The Balaban J connectivity index is 2.48. The Labute approximate surface area is 110 Å². The van der Waals surface area contributed by atoms with Crippen molar-refractivity contribution in [3.63, 3.8) is 0 Å². The number of hydrogen-bond donors (Lipinski definition) is 1. The number of nitrogens with one attached hydrogen (secondary N) is 1. The lowest BCUT2D eigenvalue weighted by molar-refractivity contribution is 0.569. The van der Waals surface area contributed by atoms with E-state index in [9.17, 15) is 8.42 Å². The van der Waals surface area contributed by atoms with Gasteiger partial charge in [0.15, 0.2) is 0 Å². The normalized spacial score (nSPS) is 13.9. The largest absolute Gasteiger partial charge is 0.212 e. The third-order valence-electron chi connectivity index (χ3n) is 1.86. The maximum atomic E-state index is 11.6. The van der Waals surface area contributed by atoms with E-state index in [1.54, 1.807) is 19.1 Å². The van der Waals surface area contributed by atoms with E-state index in [4.69, 9.17) is 23.2 Å². The summed E-state index contributed by atoms with van der Waals surface area (Å²) in [7, 11) is -3.25. The summed E-state index contributed by atoms with van der Waals surface area (Å²) in [5, 5.41) is 0. The molecule has 1 aromatic rings. The molecule has 0 aliphatic carbocycles. The lowest BCUT2D eigenvalue weighted by Gasteiger charge is -2.09. The first-order chi connectivity index (χ1) is 7.43. The molecule has 0 saturated carbocycles. The fourth-order valence-corrected chi connectivity index (χ4v) is 3.82. The SMILES string of the molecule is CC(CCl)CS(=O)(=O)NCc1ccc(Cl)s1. The van der Waals surface area contributed by atoms with E-state index >= 15 is 0 Å². The van der Waals surface area contributed by atoms with Crippen LogP contribution in [0.25, 0.3) is 0 Å². The fourth-order valence-electron chi connectivity index (χ4n) is 1.11. The van der Waals surface area contributed by atoms with Crippen LogP contribution in [0.5, 0.6) is 0 Å². The predicted octanol–water partition coefficient (Wildman–Crippen LogP) is 2.70. The number of hydrogen-bond acceptors (Lipinski definition) is 3. The summed E-state index contributed by atoms with van der Waals surface area (Å²) in [6, 6.07) is 3.55. The second kappa shape index (κ2) is 6.21. The second-order valence-corrected chi connectivity index (χ2v) is 7.53. The van der Waals surface area contributed by atoms with Gasteiger partial charge in [-0.2, -0.15) is 0 Å². The Kier molecular flexibility index (Phi) is 5.53. The molecule has 92 valence electrons. The van der Waals surface area contributed by atoms with Crippen LogP contribution in [0.3, 0.4) is 0 Å². The quantitative estimate of drug-likeness (QED) is 0.821. The molecule has 0 aliphatic heterocycles. The van der Waals surface area contributed by atoms with Gasteiger partial charge in [-0.3, -0.25) is 0 Å². The van der Waals surface area contributed by atoms with E-state index < -0.39 is 10.0 Å². The van der Waals surface area contributed by atoms with Crippen LogP contribution in [-0.2, 0) is 16.6 Å². The van der Waals surface area contributed by atoms with E-state index in [-0.39, 0.29) is 18.2 Å². The summed E-state index contributed by atoms with van der Waals surface area (Å²) in [6.45, 7) is 2.09. The van der Waals surface area contributed by atoms with Crippen LogP contribution in [0.1, 0.15) is 11.8 Å². The average Bonchev–Trinajstić information content (AvgIpc) is 2.61. The van der Waals surface area contributed by atoms with Crippen LogP contribution in [0.4, 0.5) is 0 Å². The molecule has 0 spiro atoms. The molecule has 1 rings (SSSR count). The molecule has 1 unspecified atom stereocenters. The van der Waals surface area contributed by atoms with Crippen LogP contribution >= 0.6 is 34.5 Å². The Morgan fingerprint density at radius 1 is 1.50 bits per heavy atom. The number of thiophene rings is 1. The van der Waals surface area contributed by atoms with Gasteiger partial charge in [0.05, 0.1) is 10.1 Å². The van der Waals surface area contributed by atoms with Crippen molar-refractivity contribution in [2.45, 2.75) is 13.5 Å². The molecular formula is C9H13Cl2NO2S2. The molecular weight excluding hydrogens is 289 g/mol. The summed E-state index contributed by atoms with van der Waals surface area (Å²) in [5.41, 5.74) is 0. The molecule has 3 nitrogen and oxygen atoms in total. The molecule has 0 radical (unpaired) electrons. The van der Waals surface area contributed by atoms with Gasteiger partial charge < -0.3 is 0 Å². The number of halogens is 2. The topological polar surface area (TPSA) is 46.2 Å². The third-order valence-corrected chi connectivity index (χ3v) is 5.21. The lowest BCUT2D eigenvalue weighted by Crippen LogP contribution is -2.28. The van der Waals surface area contributed by atoms with Gasteiger partial charge in [0.25, 0.3) is 0 Å². The zero-order valence-electron chi connectivity index (χ0n) is 8.74. The van der Waals surface area contributed by atoms with E-state index in [1.165, 1.54) is 11.3 Å². The first-order valence-corrected chi connectivity index (χ1v) is 8.08. The summed E-state index contributed by atoms with van der Waals surface area (Å²) >= 11 is 12.7. The molecule has 0 amide bonds. The molecule has 1 atom stereocenters. The molecule has 0 fully saturated rings. The standard InChI is InChI=1S/C9H13Cl2NO2S2/c1-7(4-10)6-16(13,14)12-5-8-2-3-9(11)15-8/h2-3,7,12H,4-6H2,1H3. The van der Waals surface area contributed by atoms with E-state index in [0.717, 1.165) is 4.88 Å². The zero-order chi connectivity index (χ0) is 12.2. The van der Waals surface area contributed by atoms with Gasteiger partial charge in [0, 0.05) is 17.3 Å². The molecule has 1 heterocycles. The molecule has 1 aromatic heterocycles.